The maximum Gasteiger partial charge on any atom is 0.248 e. The van der Waals surface area contributed by atoms with Crippen molar-refractivity contribution >= 4 is 5.91 Å². The Balaban J connectivity index is 1.57. The van der Waals surface area contributed by atoms with Crippen LogP contribution in [0.25, 0.3) is 17.1 Å². The van der Waals surface area contributed by atoms with Gasteiger partial charge in [0.2, 0.25) is 5.91 Å². The number of amides is 1. The second kappa shape index (κ2) is 6.66. The Morgan fingerprint density at radius 3 is 2.76 bits per heavy atom. The SMILES string of the molecule is Cn1cc(-n2nc(-c3ccc(C(N)=O)cc3)nc2C2CCn3ncnc3C2)cn1. The Labute approximate surface area is 166 Å². The molecule has 0 fully saturated rings. The number of hydrogen-bond acceptors (Lipinski definition) is 6. The lowest BCUT2D eigenvalue weighted by Gasteiger charge is -2.21. The minimum atomic E-state index is -0.461. The van der Waals surface area contributed by atoms with Gasteiger partial charge >= 0.3 is 0 Å². The van der Waals surface area contributed by atoms with Crippen LogP contribution in [-0.2, 0) is 20.0 Å². The van der Waals surface area contributed by atoms with E-state index < -0.39 is 5.91 Å². The molecule has 0 saturated carbocycles. The zero-order valence-corrected chi connectivity index (χ0v) is 15.8. The molecule has 3 aromatic heterocycles. The van der Waals surface area contributed by atoms with Crippen LogP contribution >= 0.6 is 0 Å². The number of carbonyl (C=O) groups excluding carboxylic acids is 1. The van der Waals surface area contributed by atoms with Gasteiger partial charge in [0.1, 0.15) is 23.7 Å². The molecule has 0 aliphatic carbocycles. The quantitative estimate of drug-likeness (QED) is 0.557. The third-order valence-corrected chi connectivity index (χ3v) is 5.17. The highest BCUT2D eigenvalue weighted by Crippen LogP contribution is 2.30. The summed E-state index contributed by atoms with van der Waals surface area (Å²) in [6.07, 6.45) is 6.91. The number of rotatable bonds is 4. The zero-order chi connectivity index (χ0) is 20.0. The molecule has 2 N–H and O–H groups in total. The highest BCUT2D eigenvalue weighted by Gasteiger charge is 2.28. The Hall–Kier alpha value is -3.82. The number of nitrogens with two attached hydrogens (primary N) is 1. The van der Waals surface area contributed by atoms with Gasteiger partial charge in [-0.2, -0.15) is 10.2 Å². The van der Waals surface area contributed by atoms with Crippen LogP contribution in [0, 0.1) is 0 Å². The fourth-order valence-corrected chi connectivity index (χ4v) is 3.66. The molecular weight excluding hydrogens is 370 g/mol. The van der Waals surface area contributed by atoms with Gasteiger partial charge in [-0.15, -0.1) is 5.10 Å². The second-order valence-electron chi connectivity index (χ2n) is 7.11. The van der Waals surface area contributed by atoms with Crippen molar-refractivity contribution in [1.82, 2.24) is 39.3 Å². The third-order valence-electron chi connectivity index (χ3n) is 5.17. The summed E-state index contributed by atoms with van der Waals surface area (Å²) in [5.41, 5.74) is 7.46. The summed E-state index contributed by atoms with van der Waals surface area (Å²) in [4.78, 5) is 20.6. The van der Waals surface area contributed by atoms with Crippen molar-refractivity contribution in [3.8, 4) is 17.1 Å². The predicted octanol–water partition coefficient (Wildman–Crippen LogP) is 1.09. The van der Waals surface area contributed by atoms with E-state index >= 15 is 0 Å². The molecule has 1 atom stereocenters. The maximum absolute atomic E-state index is 11.3. The number of nitrogens with zero attached hydrogens (tertiary/aromatic N) is 8. The molecule has 1 aromatic carbocycles. The molecule has 1 amide bonds. The van der Waals surface area contributed by atoms with Crippen molar-refractivity contribution in [2.75, 3.05) is 0 Å². The largest absolute Gasteiger partial charge is 0.366 e. The molecule has 4 aromatic rings. The molecule has 0 spiro atoms. The molecule has 1 aliphatic rings. The van der Waals surface area contributed by atoms with Gasteiger partial charge in [0.05, 0.1) is 12.4 Å². The van der Waals surface area contributed by atoms with E-state index in [1.54, 1.807) is 29.3 Å². The summed E-state index contributed by atoms with van der Waals surface area (Å²) in [6, 6.07) is 6.99. The van der Waals surface area contributed by atoms with Crippen LogP contribution in [0.2, 0.25) is 0 Å². The van der Waals surface area contributed by atoms with E-state index in [0.717, 1.165) is 42.3 Å². The predicted molar refractivity (Wildman–Crippen MR) is 103 cm³/mol. The summed E-state index contributed by atoms with van der Waals surface area (Å²) in [5.74, 6) is 2.11. The molecule has 0 saturated heterocycles. The van der Waals surface area contributed by atoms with Crippen molar-refractivity contribution in [3.05, 3.63) is 60.2 Å². The lowest BCUT2D eigenvalue weighted by atomic mass is 9.97. The molecular formula is C19H19N9O. The topological polar surface area (TPSA) is 122 Å². The molecule has 0 bridgehead atoms. The average Bonchev–Trinajstić information content (AvgIpc) is 3.46. The van der Waals surface area contributed by atoms with Gasteiger partial charge in [-0.05, 0) is 18.6 Å². The van der Waals surface area contributed by atoms with Gasteiger partial charge < -0.3 is 5.73 Å². The number of aromatic nitrogens is 8. The molecule has 0 radical (unpaired) electrons. The number of aryl methyl sites for hydroxylation is 2. The summed E-state index contributed by atoms with van der Waals surface area (Å²) >= 11 is 0. The standard InChI is InChI=1S/C19H19N9O/c1-26-10-15(9-22-26)28-19(14-6-7-27-16(8-14)21-11-23-27)24-18(25-28)13-4-2-12(3-5-13)17(20)29/h2-5,9-11,14H,6-8H2,1H3,(H2,20,29). The van der Waals surface area contributed by atoms with Crippen molar-refractivity contribution in [2.24, 2.45) is 12.8 Å². The number of benzene rings is 1. The van der Waals surface area contributed by atoms with Crippen LogP contribution in [0.5, 0.6) is 0 Å². The summed E-state index contributed by atoms with van der Waals surface area (Å²) in [6.45, 7) is 0.794. The fraction of sp³-hybridized carbons (Fsp3) is 0.263. The van der Waals surface area contributed by atoms with Crippen LogP contribution in [0.15, 0.2) is 43.0 Å². The summed E-state index contributed by atoms with van der Waals surface area (Å²) in [7, 11) is 1.87. The zero-order valence-electron chi connectivity index (χ0n) is 15.8. The van der Waals surface area contributed by atoms with E-state index in [9.17, 15) is 4.79 Å². The van der Waals surface area contributed by atoms with Gasteiger partial charge in [-0.1, -0.05) is 12.1 Å². The van der Waals surface area contributed by atoms with Crippen LogP contribution in [-0.4, -0.2) is 45.2 Å². The molecule has 10 heteroatoms. The van der Waals surface area contributed by atoms with Gasteiger partial charge in [-0.25, -0.2) is 14.6 Å². The normalized spacial score (nSPS) is 16.0. The minimum Gasteiger partial charge on any atom is -0.366 e. The number of fused-ring (bicyclic) bond motifs is 1. The van der Waals surface area contributed by atoms with Crippen LogP contribution < -0.4 is 5.73 Å². The van der Waals surface area contributed by atoms with E-state index in [0.29, 0.717) is 11.4 Å². The minimum absolute atomic E-state index is 0.165. The van der Waals surface area contributed by atoms with E-state index in [1.807, 2.05) is 34.7 Å². The van der Waals surface area contributed by atoms with Crippen LogP contribution in [0.1, 0.15) is 34.3 Å². The highest BCUT2D eigenvalue weighted by molar-refractivity contribution is 5.93. The maximum atomic E-state index is 11.3. The van der Waals surface area contributed by atoms with Crippen molar-refractivity contribution < 1.29 is 4.79 Å². The molecule has 5 rings (SSSR count). The first-order chi connectivity index (χ1) is 14.1. The molecule has 10 nitrogen and oxygen atoms in total. The van der Waals surface area contributed by atoms with E-state index in [1.165, 1.54) is 0 Å². The van der Waals surface area contributed by atoms with Gasteiger partial charge in [0, 0.05) is 37.1 Å². The van der Waals surface area contributed by atoms with Gasteiger partial charge in [0.15, 0.2) is 5.82 Å². The Bertz CT molecular complexity index is 1180. The Morgan fingerprint density at radius 1 is 1.21 bits per heavy atom. The number of carbonyl (C=O) groups is 1. The van der Waals surface area contributed by atoms with E-state index in [4.69, 9.17) is 15.8 Å². The molecule has 29 heavy (non-hydrogen) atoms. The first kappa shape index (κ1) is 17.3. The third kappa shape index (κ3) is 3.08. The van der Waals surface area contributed by atoms with Crippen molar-refractivity contribution in [2.45, 2.75) is 25.3 Å². The molecule has 1 aliphatic heterocycles. The fourth-order valence-electron chi connectivity index (χ4n) is 3.66. The number of hydrogen-bond donors (Lipinski definition) is 1. The van der Waals surface area contributed by atoms with E-state index in [-0.39, 0.29) is 5.92 Å². The molecule has 146 valence electrons. The van der Waals surface area contributed by atoms with Crippen LogP contribution in [0.3, 0.4) is 0 Å². The number of primary amides is 1. The van der Waals surface area contributed by atoms with Gasteiger partial charge in [0.25, 0.3) is 0 Å². The molecule has 4 heterocycles. The molecule has 1 unspecified atom stereocenters. The van der Waals surface area contributed by atoms with E-state index in [2.05, 4.69) is 15.2 Å². The van der Waals surface area contributed by atoms with Crippen molar-refractivity contribution in [3.63, 3.8) is 0 Å². The lowest BCUT2D eigenvalue weighted by Crippen LogP contribution is -2.21. The second-order valence-corrected chi connectivity index (χ2v) is 7.11. The highest BCUT2D eigenvalue weighted by atomic mass is 16.1. The first-order valence-electron chi connectivity index (χ1n) is 9.31. The Kier molecular flexibility index (Phi) is 3.97. The summed E-state index contributed by atoms with van der Waals surface area (Å²) in [5, 5.41) is 13.3. The average molecular weight is 389 g/mol. The lowest BCUT2D eigenvalue weighted by molar-refractivity contribution is 0.100. The smallest absolute Gasteiger partial charge is 0.248 e. The van der Waals surface area contributed by atoms with Crippen LogP contribution in [0.4, 0.5) is 0 Å². The van der Waals surface area contributed by atoms with Crippen molar-refractivity contribution in [1.29, 1.82) is 0 Å². The van der Waals surface area contributed by atoms with Gasteiger partial charge in [-0.3, -0.25) is 14.2 Å². The Morgan fingerprint density at radius 2 is 2.03 bits per heavy atom. The summed E-state index contributed by atoms with van der Waals surface area (Å²) < 4.78 is 5.52. The first-order valence-corrected chi connectivity index (χ1v) is 9.31. The monoisotopic (exact) mass is 389 g/mol.